The lowest BCUT2D eigenvalue weighted by molar-refractivity contribution is 0.102. The molecule has 0 bridgehead atoms. The highest BCUT2D eigenvalue weighted by molar-refractivity contribution is 7.14. The number of anilines is 1. The van der Waals surface area contributed by atoms with E-state index in [0.29, 0.717) is 27.2 Å². The van der Waals surface area contributed by atoms with Gasteiger partial charge in [0.1, 0.15) is 11.5 Å². The van der Waals surface area contributed by atoms with Gasteiger partial charge in [0.15, 0.2) is 10.9 Å². The summed E-state index contributed by atoms with van der Waals surface area (Å²) in [6.45, 7) is 1.87. The lowest BCUT2D eigenvalue weighted by Gasteiger charge is -2.08. The third kappa shape index (κ3) is 3.95. The Hall–Kier alpha value is -3.48. The molecule has 0 aliphatic rings. The summed E-state index contributed by atoms with van der Waals surface area (Å²) in [7, 11) is 0. The minimum atomic E-state index is -0.250. The van der Waals surface area contributed by atoms with Crippen LogP contribution < -0.4 is 5.32 Å². The maximum Gasteiger partial charge on any atom is 0.258 e. The molecule has 0 spiro atoms. The van der Waals surface area contributed by atoms with E-state index in [-0.39, 0.29) is 5.91 Å². The largest absolute Gasteiger partial charge is 0.460 e. The summed E-state index contributed by atoms with van der Waals surface area (Å²) in [5.74, 6) is 1.16. The minimum Gasteiger partial charge on any atom is -0.460 e. The fourth-order valence-corrected chi connectivity index (χ4v) is 4.15. The van der Waals surface area contributed by atoms with Crippen molar-refractivity contribution in [2.45, 2.75) is 6.92 Å². The van der Waals surface area contributed by atoms with Crippen LogP contribution in [0.2, 0.25) is 5.02 Å². The zero-order valence-corrected chi connectivity index (χ0v) is 18.0. The van der Waals surface area contributed by atoms with Gasteiger partial charge in [0.25, 0.3) is 5.91 Å². The maximum atomic E-state index is 13.2. The number of carbonyl (C=O) groups excluding carboxylic acids is 1. The van der Waals surface area contributed by atoms with E-state index >= 15 is 0 Å². The quantitative estimate of drug-likeness (QED) is 0.329. The van der Waals surface area contributed by atoms with Gasteiger partial charge < -0.3 is 4.42 Å². The molecule has 0 fully saturated rings. The number of aromatic nitrogens is 2. The van der Waals surface area contributed by atoms with Gasteiger partial charge >= 0.3 is 0 Å². The highest BCUT2D eigenvalue weighted by Gasteiger charge is 2.17. The molecular weight excluding hydrogens is 430 g/mol. The molecule has 0 aliphatic heterocycles. The van der Waals surface area contributed by atoms with Gasteiger partial charge in [0.05, 0.1) is 16.8 Å². The number of hydrogen-bond donors (Lipinski definition) is 1. The number of pyridine rings is 1. The molecule has 152 valence electrons. The number of fused-ring (bicyclic) bond motifs is 1. The molecule has 0 unspecified atom stereocenters. The van der Waals surface area contributed by atoms with Crippen molar-refractivity contribution in [3.63, 3.8) is 0 Å². The Morgan fingerprint density at radius 2 is 1.81 bits per heavy atom. The van der Waals surface area contributed by atoms with Crippen LogP contribution in [0, 0.1) is 6.92 Å². The van der Waals surface area contributed by atoms with Crippen molar-refractivity contribution in [3.8, 4) is 22.7 Å². The fraction of sp³-hybridized carbons (Fsp3) is 0.0417. The van der Waals surface area contributed by atoms with E-state index in [0.717, 1.165) is 27.9 Å². The number of halogens is 1. The third-order valence-electron chi connectivity index (χ3n) is 4.82. The van der Waals surface area contributed by atoms with Gasteiger partial charge in [-0.1, -0.05) is 41.9 Å². The van der Waals surface area contributed by atoms with Crippen LogP contribution in [0.15, 0.2) is 76.5 Å². The molecule has 2 aromatic carbocycles. The number of benzene rings is 2. The predicted molar refractivity (Wildman–Crippen MR) is 125 cm³/mol. The monoisotopic (exact) mass is 445 g/mol. The molecule has 5 nitrogen and oxygen atoms in total. The van der Waals surface area contributed by atoms with Crippen LogP contribution in [-0.4, -0.2) is 15.9 Å². The number of furan rings is 1. The van der Waals surface area contributed by atoms with Gasteiger partial charge in [-0.15, -0.1) is 11.3 Å². The van der Waals surface area contributed by atoms with Crippen LogP contribution >= 0.6 is 22.9 Å². The molecule has 7 heteroatoms. The van der Waals surface area contributed by atoms with Crippen LogP contribution in [0.5, 0.6) is 0 Å². The third-order valence-corrected chi connectivity index (χ3v) is 5.83. The summed E-state index contributed by atoms with van der Waals surface area (Å²) in [5.41, 5.74) is 3.56. The van der Waals surface area contributed by atoms with Crippen LogP contribution in [0.3, 0.4) is 0 Å². The zero-order valence-electron chi connectivity index (χ0n) is 16.4. The predicted octanol–water partition coefficient (Wildman–Crippen LogP) is 6.83. The van der Waals surface area contributed by atoms with Crippen molar-refractivity contribution in [1.82, 2.24) is 9.97 Å². The molecule has 0 saturated heterocycles. The first-order valence-electron chi connectivity index (χ1n) is 9.56. The molecule has 0 aliphatic carbocycles. The summed E-state index contributed by atoms with van der Waals surface area (Å²) >= 11 is 7.33. The van der Waals surface area contributed by atoms with Gasteiger partial charge in [0.2, 0.25) is 0 Å². The summed E-state index contributed by atoms with van der Waals surface area (Å²) in [6, 6.07) is 20.5. The van der Waals surface area contributed by atoms with Gasteiger partial charge in [-0.3, -0.25) is 10.1 Å². The van der Waals surface area contributed by atoms with Gasteiger partial charge in [-0.05, 0) is 43.3 Å². The number of thiazole rings is 1. The molecule has 0 radical (unpaired) electrons. The van der Waals surface area contributed by atoms with Crippen LogP contribution in [0.4, 0.5) is 5.13 Å². The van der Waals surface area contributed by atoms with E-state index in [1.165, 1.54) is 11.3 Å². The van der Waals surface area contributed by atoms with Gasteiger partial charge in [0, 0.05) is 21.4 Å². The van der Waals surface area contributed by atoms with E-state index in [9.17, 15) is 4.79 Å². The number of amides is 1. The smallest absolute Gasteiger partial charge is 0.258 e. The zero-order chi connectivity index (χ0) is 21.4. The first-order valence-corrected chi connectivity index (χ1v) is 10.8. The topological polar surface area (TPSA) is 68.0 Å². The van der Waals surface area contributed by atoms with Crippen molar-refractivity contribution in [3.05, 3.63) is 88.5 Å². The van der Waals surface area contributed by atoms with Gasteiger partial charge in [-0.2, -0.15) is 0 Å². The van der Waals surface area contributed by atoms with E-state index in [2.05, 4.69) is 15.3 Å². The second-order valence-electron chi connectivity index (χ2n) is 6.98. The molecule has 1 amide bonds. The Morgan fingerprint density at radius 3 is 2.58 bits per heavy atom. The average molecular weight is 446 g/mol. The Balaban J connectivity index is 1.49. The van der Waals surface area contributed by atoms with Crippen molar-refractivity contribution in [1.29, 1.82) is 0 Å². The van der Waals surface area contributed by atoms with Crippen molar-refractivity contribution in [2.75, 3.05) is 5.32 Å². The van der Waals surface area contributed by atoms with E-state index < -0.39 is 0 Å². The number of para-hydroxylation sites is 1. The second kappa shape index (κ2) is 7.98. The first kappa shape index (κ1) is 19.5. The summed E-state index contributed by atoms with van der Waals surface area (Å²) in [5, 5.41) is 6.77. The molecule has 3 aromatic heterocycles. The van der Waals surface area contributed by atoms with E-state index in [4.69, 9.17) is 16.0 Å². The van der Waals surface area contributed by atoms with Crippen LogP contribution in [0.1, 0.15) is 16.1 Å². The number of nitrogens with zero attached hydrogens (tertiary/aromatic N) is 2. The van der Waals surface area contributed by atoms with E-state index in [1.54, 1.807) is 6.07 Å². The number of aryl methyl sites for hydroxylation is 1. The first-order chi connectivity index (χ1) is 15.1. The Kier molecular flexibility index (Phi) is 5.02. The van der Waals surface area contributed by atoms with Crippen molar-refractivity contribution < 1.29 is 9.21 Å². The SMILES string of the molecule is Cc1ccc(-c2cc(C(=O)Nc3nc(-c4ccc(Cl)cc4)cs3)c3ccccc3n2)o1. The summed E-state index contributed by atoms with van der Waals surface area (Å²) < 4.78 is 5.72. The molecule has 5 rings (SSSR count). The van der Waals surface area contributed by atoms with E-state index in [1.807, 2.05) is 73.0 Å². The lowest BCUT2D eigenvalue weighted by atomic mass is 10.1. The highest BCUT2D eigenvalue weighted by Crippen LogP contribution is 2.29. The highest BCUT2D eigenvalue weighted by atomic mass is 35.5. The van der Waals surface area contributed by atoms with Crippen molar-refractivity contribution >= 4 is 44.9 Å². The Morgan fingerprint density at radius 1 is 1.00 bits per heavy atom. The number of carbonyl (C=O) groups is 1. The molecule has 31 heavy (non-hydrogen) atoms. The van der Waals surface area contributed by atoms with Crippen LogP contribution in [-0.2, 0) is 0 Å². The molecule has 3 heterocycles. The normalized spacial score (nSPS) is 11.0. The number of rotatable bonds is 4. The molecule has 5 aromatic rings. The number of nitrogens with one attached hydrogen (secondary N) is 1. The maximum absolute atomic E-state index is 13.2. The summed E-state index contributed by atoms with van der Waals surface area (Å²) in [6.07, 6.45) is 0. The van der Waals surface area contributed by atoms with Crippen LogP contribution in [0.25, 0.3) is 33.6 Å². The van der Waals surface area contributed by atoms with Gasteiger partial charge in [-0.25, -0.2) is 9.97 Å². The molecular formula is C24H16ClN3O2S. The fourth-order valence-electron chi connectivity index (χ4n) is 3.31. The molecule has 1 N–H and O–H groups in total. The standard InChI is InChI=1S/C24H16ClN3O2S/c1-14-6-11-22(30-14)20-12-18(17-4-2-3-5-19(17)26-20)23(29)28-24-27-21(13-31-24)15-7-9-16(25)10-8-15/h2-13H,1H3,(H,27,28,29). The average Bonchev–Trinajstić information content (AvgIpc) is 3.42. The van der Waals surface area contributed by atoms with Crippen molar-refractivity contribution in [2.24, 2.45) is 0 Å². The number of hydrogen-bond acceptors (Lipinski definition) is 5. The molecule has 0 saturated carbocycles. The second-order valence-corrected chi connectivity index (χ2v) is 8.28. The Bertz CT molecular complexity index is 1410. The molecule has 0 atom stereocenters. The lowest BCUT2D eigenvalue weighted by Crippen LogP contribution is -2.13. The Labute approximate surface area is 187 Å². The minimum absolute atomic E-state index is 0.250. The summed E-state index contributed by atoms with van der Waals surface area (Å²) in [4.78, 5) is 22.4.